The number of amides is 2. The number of hydrogen-bond donors (Lipinski definition) is 1. The van der Waals surface area contributed by atoms with Crippen LogP contribution in [0, 0.1) is 0 Å². The van der Waals surface area contributed by atoms with Crippen LogP contribution in [0.15, 0.2) is 83.8 Å². The summed E-state index contributed by atoms with van der Waals surface area (Å²) in [6.45, 7) is 1.48. The van der Waals surface area contributed by atoms with Gasteiger partial charge in [0.1, 0.15) is 24.1 Å². The van der Waals surface area contributed by atoms with Crippen molar-refractivity contribution in [3.05, 3.63) is 84.4 Å². The second-order valence-electron chi connectivity index (χ2n) is 10.7. The molecule has 1 saturated carbocycles. The Bertz CT molecular complexity index is 1460. The predicted molar refractivity (Wildman–Crippen MR) is 167 cm³/mol. The van der Waals surface area contributed by atoms with Gasteiger partial charge in [-0.05, 0) is 61.2 Å². The summed E-state index contributed by atoms with van der Waals surface area (Å²) >= 11 is 0. The van der Waals surface area contributed by atoms with E-state index in [1.54, 1.807) is 61.7 Å². The van der Waals surface area contributed by atoms with E-state index in [1.807, 2.05) is 19.1 Å². The summed E-state index contributed by atoms with van der Waals surface area (Å²) in [4.78, 5) is 29.5. The molecular formula is C33H41N3O6S. The van der Waals surface area contributed by atoms with Crippen molar-refractivity contribution in [3.63, 3.8) is 0 Å². The molecule has 4 rings (SSSR count). The average Bonchev–Trinajstić information content (AvgIpc) is 3.04. The zero-order chi connectivity index (χ0) is 30.8. The molecule has 1 aliphatic carbocycles. The number of methoxy groups -OCH3 is 2. The zero-order valence-corrected chi connectivity index (χ0v) is 25.9. The summed E-state index contributed by atoms with van der Waals surface area (Å²) in [5.74, 6) is 0.396. The number of nitrogens with one attached hydrogen (secondary N) is 1. The SMILES string of the molecule is CC[C@H](C(=O)NC1CCCCC1)N(Cc1ccc(OC)cc1)C(=O)CN(c1cccc(OC)c1)S(=O)(=O)c1ccccc1. The summed E-state index contributed by atoms with van der Waals surface area (Å²) in [7, 11) is -1.08. The maximum Gasteiger partial charge on any atom is 0.264 e. The average molecular weight is 608 g/mol. The van der Waals surface area contributed by atoms with Gasteiger partial charge in [-0.3, -0.25) is 13.9 Å². The molecule has 0 bridgehead atoms. The minimum absolute atomic E-state index is 0.0504. The molecule has 2 amide bonds. The van der Waals surface area contributed by atoms with E-state index in [2.05, 4.69) is 5.32 Å². The smallest absolute Gasteiger partial charge is 0.264 e. The molecule has 230 valence electrons. The normalized spacial score (nSPS) is 14.4. The minimum Gasteiger partial charge on any atom is -0.497 e. The zero-order valence-electron chi connectivity index (χ0n) is 25.1. The monoisotopic (exact) mass is 607 g/mol. The van der Waals surface area contributed by atoms with Crippen molar-refractivity contribution in [1.29, 1.82) is 0 Å². The Morgan fingerprint density at radius 3 is 2.19 bits per heavy atom. The molecule has 3 aromatic carbocycles. The Morgan fingerprint density at radius 1 is 0.884 bits per heavy atom. The third kappa shape index (κ3) is 8.07. The number of hydrogen-bond acceptors (Lipinski definition) is 6. The van der Waals surface area contributed by atoms with Crippen molar-refractivity contribution in [2.45, 2.75) is 69.0 Å². The minimum atomic E-state index is -4.15. The third-order valence-electron chi connectivity index (χ3n) is 7.80. The molecule has 0 aliphatic heterocycles. The Balaban J connectivity index is 1.71. The second kappa shape index (κ2) is 14.9. The summed E-state index contributed by atoms with van der Waals surface area (Å²) in [6, 6.07) is 21.1. The van der Waals surface area contributed by atoms with Crippen molar-refractivity contribution >= 4 is 27.5 Å². The van der Waals surface area contributed by atoms with Crippen LogP contribution in [0.5, 0.6) is 11.5 Å². The van der Waals surface area contributed by atoms with E-state index >= 15 is 0 Å². The van der Waals surface area contributed by atoms with Crippen LogP contribution in [-0.2, 0) is 26.2 Å². The molecule has 0 radical (unpaired) electrons. The predicted octanol–water partition coefficient (Wildman–Crippen LogP) is 5.16. The van der Waals surface area contributed by atoms with Gasteiger partial charge in [-0.25, -0.2) is 8.42 Å². The van der Waals surface area contributed by atoms with E-state index in [0.29, 0.717) is 17.9 Å². The lowest BCUT2D eigenvalue weighted by Crippen LogP contribution is -2.54. The molecule has 43 heavy (non-hydrogen) atoms. The molecule has 3 aromatic rings. The second-order valence-corrected chi connectivity index (χ2v) is 12.5. The van der Waals surface area contributed by atoms with E-state index in [4.69, 9.17) is 9.47 Å². The molecule has 1 fully saturated rings. The first kappa shape index (κ1) is 31.9. The van der Waals surface area contributed by atoms with Gasteiger partial charge in [-0.15, -0.1) is 0 Å². The first-order valence-corrected chi connectivity index (χ1v) is 16.2. The van der Waals surface area contributed by atoms with Gasteiger partial charge in [0.25, 0.3) is 10.0 Å². The summed E-state index contributed by atoms with van der Waals surface area (Å²) in [5, 5.41) is 3.16. The number of rotatable bonds is 13. The Morgan fingerprint density at radius 2 is 1.56 bits per heavy atom. The molecule has 0 heterocycles. The third-order valence-corrected chi connectivity index (χ3v) is 9.59. The van der Waals surface area contributed by atoms with Crippen molar-refractivity contribution < 1.29 is 27.5 Å². The highest BCUT2D eigenvalue weighted by Crippen LogP contribution is 2.28. The number of nitrogens with zero attached hydrogens (tertiary/aromatic N) is 2. The largest absolute Gasteiger partial charge is 0.497 e. The van der Waals surface area contributed by atoms with Crippen molar-refractivity contribution in [1.82, 2.24) is 10.2 Å². The highest BCUT2D eigenvalue weighted by molar-refractivity contribution is 7.92. The number of anilines is 1. The van der Waals surface area contributed by atoms with E-state index < -0.39 is 28.5 Å². The topological polar surface area (TPSA) is 105 Å². The highest BCUT2D eigenvalue weighted by Gasteiger charge is 2.34. The van der Waals surface area contributed by atoms with Gasteiger partial charge < -0.3 is 19.7 Å². The fraction of sp³-hybridized carbons (Fsp3) is 0.394. The van der Waals surface area contributed by atoms with Crippen molar-refractivity contribution in [2.24, 2.45) is 0 Å². The van der Waals surface area contributed by atoms with Gasteiger partial charge in [0.15, 0.2) is 0 Å². The molecule has 0 unspecified atom stereocenters. The molecular weight excluding hydrogens is 566 g/mol. The number of carbonyl (C=O) groups is 2. The Kier molecular flexibility index (Phi) is 11.1. The summed E-state index contributed by atoms with van der Waals surface area (Å²) in [5.41, 5.74) is 1.07. The Labute approximate surface area is 254 Å². The van der Waals surface area contributed by atoms with Crippen LogP contribution in [0.2, 0.25) is 0 Å². The first-order chi connectivity index (χ1) is 20.8. The fourth-order valence-electron chi connectivity index (χ4n) is 5.41. The molecule has 0 aromatic heterocycles. The molecule has 0 saturated heterocycles. The van der Waals surface area contributed by atoms with Crippen LogP contribution in [0.1, 0.15) is 51.0 Å². The molecule has 1 aliphatic rings. The van der Waals surface area contributed by atoms with E-state index in [-0.39, 0.29) is 29.1 Å². The maximum absolute atomic E-state index is 14.3. The van der Waals surface area contributed by atoms with E-state index in [9.17, 15) is 18.0 Å². The first-order valence-electron chi connectivity index (χ1n) is 14.7. The van der Waals surface area contributed by atoms with Gasteiger partial charge in [0.05, 0.1) is 24.8 Å². The number of benzene rings is 3. The van der Waals surface area contributed by atoms with E-state index in [0.717, 1.165) is 42.0 Å². The standard InChI is InChI=1S/C33H41N3O6S/c1-4-31(33(38)34-26-12-7-5-8-13-26)35(23-25-18-20-28(41-2)21-19-25)32(37)24-36(27-14-11-15-29(22-27)42-3)43(39,40)30-16-9-6-10-17-30/h6,9-11,14-22,26,31H,4-5,7-8,12-13,23-24H2,1-3H3,(H,34,38)/t31-/m1/s1. The molecule has 9 nitrogen and oxygen atoms in total. The maximum atomic E-state index is 14.3. The number of ether oxygens (including phenoxy) is 2. The molecule has 1 atom stereocenters. The quantitative estimate of drug-likeness (QED) is 0.288. The lowest BCUT2D eigenvalue weighted by Gasteiger charge is -2.34. The van der Waals surface area contributed by atoms with Gasteiger partial charge in [-0.1, -0.05) is 62.6 Å². The molecule has 10 heteroatoms. The van der Waals surface area contributed by atoms with Crippen LogP contribution in [0.25, 0.3) is 0 Å². The lowest BCUT2D eigenvalue weighted by molar-refractivity contribution is -0.140. The van der Waals surface area contributed by atoms with Gasteiger partial charge in [0.2, 0.25) is 11.8 Å². The van der Waals surface area contributed by atoms with Crippen LogP contribution in [0.4, 0.5) is 5.69 Å². The van der Waals surface area contributed by atoms with Crippen molar-refractivity contribution in [2.75, 3.05) is 25.1 Å². The van der Waals surface area contributed by atoms with Crippen LogP contribution in [0.3, 0.4) is 0 Å². The summed E-state index contributed by atoms with van der Waals surface area (Å²) < 4.78 is 39.7. The van der Waals surface area contributed by atoms with Crippen molar-refractivity contribution in [3.8, 4) is 11.5 Å². The number of carbonyl (C=O) groups excluding carboxylic acids is 2. The van der Waals surface area contributed by atoms with Gasteiger partial charge >= 0.3 is 0 Å². The number of sulfonamides is 1. The lowest BCUT2D eigenvalue weighted by atomic mass is 9.95. The molecule has 1 N–H and O–H groups in total. The van der Waals surface area contributed by atoms with Crippen LogP contribution in [-0.4, -0.2) is 58.0 Å². The van der Waals surface area contributed by atoms with Gasteiger partial charge in [-0.2, -0.15) is 0 Å². The van der Waals surface area contributed by atoms with Crippen LogP contribution >= 0.6 is 0 Å². The molecule has 0 spiro atoms. The summed E-state index contributed by atoms with van der Waals surface area (Å²) in [6.07, 6.45) is 5.46. The fourth-order valence-corrected chi connectivity index (χ4v) is 6.83. The Hall–Kier alpha value is -4.05. The highest BCUT2D eigenvalue weighted by atomic mass is 32.2. The van der Waals surface area contributed by atoms with E-state index in [1.165, 1.54) is 24.1 Å². The van der Waals surface area contributed by atoms with Gasteiger partial charge in [0, 0.05) is 18.7 Å². The van der Waals surface area contributed by atoms with Crippen LogP contribution < -0.4 is 19.1 Å².